The van der Waals surface area contributed by atoms with Crippen LogP contribution in [-0.4, -0.2) is 75.9 Å². The van der Waals surface area contributed by atoms with Crippen LogP contribution in [0.2, 0.25) is 10.0 Å². The van der Waals surface area contributed by atoms with Crippen LogP contribution in [0.15, 0.2) is 55.2 Å². The Morgan fingerprint density at radius 3 is 2.58 bits per heavy atom. The molecule has 0 saturated carbocycles. The van der Waals surface area contributed by atoms with Crippen LogP contribution in [-0.2, 0) is 4.79 Å². The molecule has 0 radical (unpaired) electrons. The average Bonchev–Trinajstić information content (AvgIpc) is 3.40. The van der Waals surface area contributed by atoms with Gasteiger partial charge in [0.15, 0.2) is 0 Å². The van der Waals surface area contributed by atoms with Gasteiger partial charge in [-0.3, -0.25) is 14.6 Å². The molecular formula is C26H26Cl2N8O2. The molecule has 196 valence electrons. The molecular weight excluding hydrogens is 527 g/mol. The largest absolute Gasteiger partial charge is 0.365 e. The smallest absolute Gasteiger partial charge is 0.254 e. The SMILES string of the molecule is CC(=O)NCCN(c1cccc(C(=O)N2CCN(c3c(Cl)cncc3Cl)CC2)c1)c1ncnc2[nH]ccc12. The Morgan fingerprint density at radius 2 is 1.84 bits per heavy atom. The number of rotatable bonds is 7. The van der Waals surface area contributed by atoms with Crippen molar-refractivity contribution < 1.29 is 9.59 Å². The molecule has 10 nitrogen and oxygen atoms in total. The highest BCUT2D eigenvalue weighted by molar-refractivity contribution is 6.38. The first-order valence-corrected chi connectivity index (χ1v) is 12.9. The number of benzene rings is 1. The molecule has 1 fully saturated rings. The van der Waals surface area contributed by atoms with Crippen LogP contribution < -0.4 is 15.1 Å². The lowest BCUT2D eigenvalue weighted by molar-refractivity contribution is -0.118. The minimum Gasteiger partial charge on any atom is -0.365 e. The Kier molecular flexibility index (Phi) is 7.62. The van der Waals surface area contributed by atoms with Gasteiger partial charge in [-0.1, -0.05) is 29.3 Å². The highest BCUT2D eigenvalue weighted by Gasteiger charge is 2.25. The third kappa shape index (κ3) is 5.36. The van der Waals surface area contributed by atoms with Crippen molar-refractivity contribution in [2.24, 2.45) is 0 Å². The first-order valence-electron chi connectivity index (χ1n) is 12.2. The highest BCUT2D eigenvalue weighted by atomic mass is 35.5. The van der Waals surface area contributed by atoms with E-state index in [1.165, 1.54) is 13.3 Å². The molecule has 1 aliphatic rings. The molecule has 2 amide bonds. The van der Waals surface area contributed by atoms with Gasteiger partial charge in [-0.15, -0.1) is 0 Å². The molecule has 1 aromatic carbocycles. The first-order chi connectivity index (χ1) is 18.4. The predicted octanol–water partition coefficient (Wildman–Crippen LogP) is 3.90. The Labute approximate surface area is 229 Å². The molecule has 38 heavy (non-hydrogen) atoms. The van der Waals surface area contributed by atoms with Gasteiger partial charge >= 0.3 is 0 Å². The van der Waals surface area contributed by atoms with E-state index in [0.29, 0.717) is 66.3 Å². The van der Waals surface area contributed by atoms with Gasteiger partial charge in [0.2, 0.25) is 5.91 Å². The minimum absolute atomic E-state index is 0.0605. The van der Waals surface area contributed by atoms with Crippen molar-refractivity contribution in [3.8, 4) is 0 Å². The molecule has 0 bridgehead atoms. The summed E-state index contributed by atoms with van der Waals surface area (Å²) in [7, 11) is 0. The summed E-state index contributed by atoms with van der Waals surface area (Å²) in [6, 6.07) is 9.37. The maximum Gasteiger partial charge on any atom is 0.254 e. The number of fused-ring (bicyclic) bond motifs is 1. The van der Waals surface area contributed by atoms with Crippen LogP contribution in [0.3, 0.4) is 0 Å². The zero-order valence-electron chi connectivity index (χ0n) is 20.7. The molecule has 4 aromatic rings. The first kappa shape index (κ1) is 25.7. The molecule has 0 spiro atoms. The van der Waals surface area contributed by atoms with Crippen molar-refractivity contribution in [2.45, 2.75) is 6.92 Å². The van der Waals surface area contributed by atoms with Crippen molar-refractivity contribution in [3.05, 3.63) is 70.9 Å². The molecule has 0 aliphatic carbocycles. The van der Waals surface area contributed by atoms with Gasteiger partial charge in [0.05, 0.1) is 21.1 Å². The summed E-state index contributed by atoms with van der Waals surface area (Å²) in [5, 5.41) is 4.66. The van der Waals surface area contributed by atoms with Crippen molar-refractivity contribution in [2.75, 3.05) is 49.1 Å². The molecule has 0 atom stereocenters. The van der Waals surface area contributed by atoms with Gasteiger partial charge in [-0.25, -0.2) is 9.97 Å². The number of amides is 2. The normalized spacial score (nSPS) is 13.6. The Morgan fingerprint density at radius 1 is 1.08 bits per heavy atom. The second-order valence-electron chi connectivity index (χ2n) is 8.85. The fraction of sp³-hybridized carbons (Fsp3) is 0.269. The number of hydrogen-bond acceptors (Lipinski definition) is 7. The number of nitrogens with one attached hydrogen (secondary N) is 2. The molecule has 1 aliphatic heterocycles. The number of anilines is 3. The van der Waals surface area contributed by atoms with Gasteiger partial charge in [0.1, 0.15) is 17.8 Å². The zero-order chi connectivity index (χ0) is 26.6. The van der Waals surface area contributed by atoms with E-state index in [0.717, 1.165) is 16.8 Å². The summed E-state index contributed by atoms with van der Waals surface area (Å²) in [5.74, 6) is 0.512. The molecule has 3 aromatic heterocycles. The van der Waals surface area contributed by atoms with Crippen molar-refractivity contribution in [3.63, 3.8) is 0 Å². The van der Waals surface area contributed by atoms with E-state index in [2.05, 4.69) is 30.2 Å². The monoisotopic (exact) mass is 552 g/mol. The number of pyridine rings is 1. The minimum atomic E-state index is -0.114. The average molecular weight is 553 g/mol. The Balaban J connectivity index is 1.36. The fourth-order valence-electron chi connectivity index (χ4n) is 4.60. The van der Waals surface area contributed by atoms with Crippen molar-refractivity contribution in [1.29, 1.82) is 0 Å². The zero-order valence-corrected chi connectivity index (χ0v) is 22.2. The third-order valence-electron chi connectivity index (χ3n) is 6.41. The summed E-state index contributed by atoms with van der Waals surface area (Å²) < 4.78 is 0. The van der Waals surface area contributed by atoms with E-state index in [1.807, 2.05) is 40.1 Å². The van der Waals surface area contributed by atoms with E-state index in [9.17, 15) is 9.59 Å². The second kappa shape index (κ2) is 11.2. The second-order valence-corrected chi connectivity index (χ2v) is 9.67. The molecule has 4 heterocycles. The van der Waals surface area contributed by atoms with Gasteiger partial charge in [-0.2, -0.15) is 0 Å². The van der Waals surface area contributed by atoms with Crippen molar-refractivity contribution in [1.82, 2.24) is 30.2 Å². The molecule has 0 unspecified atom stereocenters. The Hall–Kier alpha value is -3.89. The highest BCUT2D eigenvalue weighted by Crippen LogP contribution is 2.33. The lowest BCUT2D eigenvalue weighted by Gasteiger charge is -2.37. The fourth-order valence-corrected chi connectivity index (χ4v) is 5.21. The van der Waals surface area contributed by atoms with Crippen LogP contribution in [0.25, 0.3) is 11.0 Å². The van der Waals surface area contributed by atoms with Crippen LogP contribution in [0, 0.1) is 0 Å². The lowest BCUT2D eigenvalue weighted by atomic mass is 10.1. The standard InChI is InChI=1S/C26H26Cl2N8O2/c1-17(37)30-7-8-36(25-20-5-6-31-24(20)32-16-33-25)19-4-2-3-18(13-19)26(38)35-11-9-34(10-12-35)23-21(27)14-29-15-22(23)28/h2-6,13-16H,7-12H2,1H3,(H,30,37)(H,31,32,33). The number of piperazine rings is 1. The summed E-state index contributed by atoms with van der Waals surface area (Å²) in [6.45, 7) is 4.61. The van der Waals surface area contributed by atoms with Gasteiger partial charge in [-0.05, 0) is 24.3 Å². The number of carbonyl (C=O) groups is 2. The topological polar surface area (TPSA) is 110 Å². The van der Waals surface area contributed by atoms with Crippen molar-refractivity contribution >= 4 is 63.2 Å². The van der Waals surface area contributed by atoms with Crippen LogP contribution in [0.4, 0.5) is 17.2 Å². The number of halogens is 2. The summed E-state index contributed by atoms with van der Waals surface area (Å²) >= 11 is 12.7. The quantitative estimate of drug-likeness (QED) is 0.357. The number of H-pyrrole nitrogens is 1. The lowest BCUT2D eigenvalue weighted by Crippen LogP contribution is -2.49. The molecule has 2 N–H and O–H groups in total. The maximum absolute atomic E-state index is 13.5. The summed E-state index contributed by atoms with van der Waals surface area (Å²) in [4.78, 5) is 46.8. The van der Waals surface area contributed by atoms with Gasteiger partial charge in [0, 0.05) is 76.0 Å². The predicted molar refractivity (Wildman–Crippen MR) is 148 cm³/mol. The van der Waals surface area contributed by atoms with E-state index < -0.39 is 0 Å². The maximum atomic E-state index is 13.5. The van der Waals surface area contributed by atoms with Gasteiger partial charge < -0.3 is 25.0 Å². The van der Waals surface area contributed by atoms with E-state index in [1.54, 1.807) is 18.6 Å². The third-order valence-corrected chi connectivity index (χ3v) is 6.97. The number of hydrogen-bond donors (Lipinski definition) is 2. The summed E-state index contributed by atoms with van der Waals surface area (Å²) in [5.41, 5.74) is 2.81. The molecule has 1 saturated heterocycles. The van der Waals surface area contributed by atoms with Crippen LogP contribution >= 0.6 is 23.2 Å². The van der Waals surface area contributed by atoms with Crippen LogP contribution in [0.5, 0.6) is 0 Å². The summed E-state index contributed by atoms with van der Waals surface area (Å²) in [6.07, 6.45) is 6.45. The van der Waals surface area contributed by atoms with E-state index >= 15 is 0 Å². The number of aromatic amines is 1. The van der Waals surface area contributed by atoms with Gasteiger partial charge in [0.25, 0.3) is 5.91 Å². The molecule has 5 rings (SSSR count). The van der Waals surface area contributed by atoms with E-state index in [-0.39, 0.29) is 11.8 Å². The number of carbonyl (C=O) groups excluding carboxylic acids is 2. The van der Waals surface area contributed by atoms with E-state index in [4.69, 9.17) is 23.2 Å². The Bertz CT molecular complexity index is 1450. The number of nitrogens with zero attached hydrogens (tertiary/aromatic N) is 6. The molecule has 12 heteroatoms. The van der Waals surface area contributed by atoms with Crippen LogP contribution in [0.1, 0.15) is 17.3 Å². The number of aromatic nitrogens is 4.